The predicted molar refractivity (Wildman–Crippen MR) is 192 cm³/mol. The van der Waals surface area contributed by atoms with Gasteiger partial charge in [-0.05, 0) is 74.9 Å². The Kier molecular flexibility index (Phi) is 11.0. The van der Waals surface area contributed by atoms with Crippen LogP contribution in [-0.2, 0) is 14.3 Å². The number of carbonyl (C=O) groups is 3. The Balaban J connectivity index is 1.08. The van der Waals surface area contributed by atoms with E-state index in [9.17, 15) is 24.6 Å². The van der Waals surface area contributed by atoms with Gasteiger partial charge >= 0.3 is 6.09 Å². The molecule has 0 unspecified atom stereocenters. The van der Waals surface area contributed by atoms with E-state index >= 15 is 0 Å². The molecule has 2 aliphatic heterocycles. The highest BCUT2D eigenvalue weighted by Gasteiger charge is 2.38. The maximum atomic E-state index is 13.3. The highest BCUT2D eigenvalue weighted by molar-refractivity contribution is 5.87. The number of hydrogen-bond acceptors (Lipinski definition) is 9. The van der Waals surface area contributed by atoms with Crippen molar-refractivity contribution in [1.29, 1.82) is 0 Å². The number of ether oxygens (including phenoxy) is 1. The Labute approximate surface area is 301 Å². The van der Waals surface area contributed by atoms with Crippen LogP contribution >= 0.6 is 0 Å². The summed E-state index contributed by atoms with van der Waals surface area (Å²) in [5.41, 5.74) is 11.1. The summed E-state index contributed by atoms with van der Waals surface area (Å²) in [7, 11) is 1.20. The number of aliphatic hydroxyl groups is 2. The van der Waals surface area contributed by atoms with Gasteiger partial charge in [0, 0.05) is 24.2 Å². The zero-order chi connectivity index (χ0) is 36.9. The Morgan fingerprint density at radius 1 is 0.808 bits per heavy atom. The van der Waals surface area contributed by atoms with E-state index in [-0.39, 0.29) is 18.0 Å². The highest BCUT2D eigenvalue weighted by atomic mass is 16.5. The number of rotatable bonds is 9. The minimum atomic E-state index is -1.13. The minimum Gasteiger partial charge on any atom is -0.453 e. The Morgan fingerprint density at radius 2 is 1.27 bits per heavy atom. The van der Waals surface area contributed by atoms with Gasteiger partial charge < -0.3 is 45.8 Å². The Hall–Kier alpha value is -5.49. The molecule has 14 nitrogen and oxygen atoms in total. The molecule has 52 heavy (non-hydrogen) atoms. The van der Waals surface area contributed by atoms with Crippen LogP contribution in [0.15, 0.2) is 60.9 Å². The standard InChI is InChI=1S/C38H44N8O6/c1-22(47)32(39)36(49)45-18-4-6-30(45)34-40-20-28(42-34)26-14-10-24(11-15-26)8-9-25-12-16-27(17-13-25)29-21-41-35(43-29)31-7-5-19-46(31)37(50)33(23(2)48)44-38(51)52-3/h10-17,20-23,30-33,47-48H,4-7,18-19,39H2,1-3H3,(H,40,42)(H,41,43)(H,44,51)/t22-,23-,30+,31+,32+,33+/m1/s1. The minimum absolute atomic E-state index is 0.209. The van der Waals surface area contributed by atoms with Crippen molar-refractivity contribution in [2.75, 3.05) is 20.2 Å². The topological polar surface area (TPSA) is 203 Å². The summed E-state index contributed by atoms with van der Waals surface area (Å²) < 4.78 is 4.63. The van der Waals surface area contributed by atoms with Crippen LogP contribution in [0.4, 0.5) is 4.79 Å². The maximum absolute atomic E-state index is 13.3. The van der Waals surface area contributed by atoms with Crippen molar-refractivity contribution in [1.82, 2.24) is 35.1 Å². The van der Waals surface area contributed by atoms with Crippen LogP contribution in [0.1, 0.15) is 74.4 Å². The van der Waals surface area contributed by atoms with Gasteiger partial charge in [-0.2, -0.15) is 0 Å². The van der Waals surface area contributed by atoms with E-state index < -0.39 is 36.3 Å². The van der Waals surface area contributed by atoms with E-state index in [0.717, 1.165) is 52.9 Å². The lowest BCUT2D eigenvalue weighted by molar-refractivity contribution is -0.137. The molecule has 2 aromatic carbocycles. The fraction of sp³-hybridized carbons (Fsp3) is 0.395. The van der Waals surface area contributed by atoms with Crippen molar-refractivity contribution < 1.29 is 29.3 Å². The van der Waals surface area contributed by atoms with Gasteiger partial charge in [0.15, 0.2) is 0 Å². The molecule has 0 saturated carbocycles. The zero-order valence-corrected chi connectivity index (χ0v) is 29.4. The number of nitrogens with two attached hydrogens (primary N) is 1. The van der Waals surface area contributed by atoms with Crippen LogP contribution in [0.5, 0.6) is 0 Å². The first-order valence-corrected chi connectivity index (χ1v) is 17.4. The van der Waals surface area contributed by atoms with Crippen molar-refractivity contribution in [3.05, 3.63) is 83.7 Å². The van der Waals surface area contributed by atoms with Crippen LogP contribution in [0.25, 0.3) is 22.5 Å². The van der Waals surface area contributed by atoms with Crippen molar-refractivity contribution in [2.24, 2.45) is 5.73 Å². The van der Waals surface area contributed by atoms with Gasteiger partial charge in [0.2, 0.25) is 11.8 Å². The molecule has 2 saturated heterocycles. The normalized spacial score (nSPS) is 19.3. The first-order valence-electron chi connectivity index (χ1n) is 17.4. The Morgan fingerprint density at radius 3 is 1.69 bits per heavy atom. The molecule has 2 aromatic heterocycles. The fourth-order valence-electron chi connectivity index (χ4n) is 6.70. The second kappa shape index (κ2) is 15.8. The van der Waals surface area contributed by atoms with Gasteiger partial charge in [-0.25, -0.2) is 14.8 Å². The van der Waals surface area contributed by atoms with Gasteiger partial charge in [-0.15, -0.1) is 0 Å². The van der Waals surface area contributed by atoms with Crippen molar-refractivity contribution in [3.8, 4) is 34.4 Å². The number of hydrogen-bond donors (Lipinski definition) is 6. The number of aromatic nitrogens is 4. The number of likely N-dealkylation sites (tertiary alicyclic amines) is 2. The summed E-state index contributed by atoms with van der Waals surface area (Å²) >= 11 is 0. The number of imidazole rings is 2. The number of benzene rings is 2. The lowest BCUT2D eigenvalue weighted by Crippen LogP contribution is -2.53. The smallest absolute Gasteiger partial charge is 0.407 e. The lowest BCUT2D eigenvalue weighted by atomic mass is 10.1. The molecule has 2 fully saturated rings. The number of methoxy groups -OCH3 is 1. The molecule has 0 spiro atoms. The molecular weight excluding hydrogens is 664 g/mol. The van der Waals surface area contributed by atoms with Gasteiger partial charge in [0.05, 0.1) is 55.2 Å². The molecule has 272 valence electrons. The highest BCUT2D eigenvalue weighted by Crippen LogP contribution is 2.33. The number of aliphatic hydroxyl groups excluding tert-OH is 2. The van der Waals surface area contributed by atoms with Crippen LogP contribution in [0, 0.1) is 11.8 Å². The summed E-state index contributed by atoms with van der Waals surface area (Å²) in [6.07, 6.45) is 3.76. The monoisotopic (exact) mass is 708 g/mol. The summed E-state index contributed by atoms with van der Waals surface area (Å²) in [6.45, 7) is 4.03. The van der Waals surface area contributed by atoms with E-state index in [4.69, 9.17) is 5.73 Å². The van der Waals surface area contributed by atoms with Gasteiger partial charge in [-0.3, -0.25) is 9.59 Å². The number of nitrogens with zero attached hydrogens (tertiary/aromatic N) is 4. The van der Waals surface area contributed by atoms with Gasteiger partial charge in [-0.1, -0.05) is 36.1 Å². The predicted octanol–water partition coefficient (Wildman–Crippen LogP) is 3.01. The summed E-state index contributed by atoms with van der Waals surface area (Å²) in [4.78, 5) is 57.1. The number of amides is 3. The molecule has 6 atom stereocenters. The molecule has 14 heteroatoms. The van der Waals surface area contributed by atoms with Crippen LogP contribution in [-0.4, -0.2) is 102 Å². The van der Waals surface area contributed by atoms with E-state index in [0.29, 0.717) is 31.2 Å². The lowest BCUT2D eigenvalue weighted by Gasteiger charge is -2.29. The SMILES string of the molecule is COC(=O)N[C@H](C(=O)N1CCC[C@H]1c1ncc(-c2ccc(C#Cc3ccc(-c4cnc([C@@H]5CCCN5C(=O)[C@@H](N)[C@@H](C)O)[nH]4)cc3)cc2)[nH]1)[C@@H](C)O. The molecular formula is C38H44N8O6. The number of nitrogens with one attached hydrogen (secondary N) is 3. The average Bonchev–Trinajstić information content (AvgIpc) is 3.99. The third kappa shape index (κ3) is 7.86. The van der Waals surface area contributed by atoms with E-state index in [1.54, 1.807) is 22.2 Å². The first-order chi connectivity index (χ1) is 25.0. The fourth-order valence-corrected chi connectivity index (χ4v) is 6.70. The molecule has 0 aliphatic carbocycles. The quantitative estimate of drug-likeness (QED) is 0.141. The summed E-state index contributed by atoms with van der Waals surface area (Å²) in [5.74, 6) is 7.09. The third-order valence-corrected chi connectivity index (χ3v) is 9.65. The summed E-state index contributed by atoms with van der Waals surface area (Å²) in [6, 6.07) is 13.0. The van der Waals surface area contributed by atoms with Gasteiger partial charge in [0.1, 0.15) is 23.7 Å². The average molecular weight is 709 g/mol. The van der Waals surface area contributed by atoms with Crippen LogP contribution in [0.2, 0.25) is 0 Å². The van der Waals surface area contributed by atoms with E-state index in [1.807, 2.05) is 48.5 Å². The number of alkyl carbamates (subject to hydrolysis) is 1. The van der Waals surface area contributed by atoms with Crippen LogP contribution in [0.3, 0.4) is 0 Å². The number of carbonyl (C=O) groups excluding carboxylic acids is 3. The molecule has 6 rings (SSSR count). The molecule has 4 aromatic rings. The van der Waals surface area contributed by atoms with Crippen molar-refractivity contribution in [2.45, 2.75) is 75.9 Å². The van der Waals surface area contributed by atoms with Crippen molar-refractivity contribution >= 4 is 17.9 Å². The van der Waals surface area contributed by atoms with Crippen molar-refractivity contribution in [3.63, 3.8) is 0 Å². The zero-order valence-electron chi connectivity index (χ0n) is 29.4. The van der Waals surface area contributed by atoms with Gasteiger partial charge in [0.25, 0.3) is 0 Å². The second-order valence-electron chi connectivity index (χ2n) is 13.3. The maximum Gasteiger partial charge on any atom is 0.407 e. The summed E-state index contributed by atoms with van der Waals surface area (Å²) in [5, 5.41) is 22.4. The van der Waals surface area contributed by atoms with E-state index in [1.165, 1.54) is 21.0 Å². The second-order valence-corrected chi connectivity index (χ2v) is 13.3. The molecule has 0 bridgehead atoms. The number of H-pyrrole nitrogens is 2. The van der Waals surface area contributed by atoms with E-state index in [2.05, 4.69) is 41.8 Å². The molecule has 7 N–H and O–H groups in total. The molecule has 3 amide bonds. The third-order valence-electron chi connectivity index (χ3n) is 9.65. The number of aromatic amines is 2. The largest absolute Gasteiger partial charge is 0.453 e. The molecule has 0 radical (unpaired) electrons. The molecule has 4 heterocycles. The first kappa shape index (κ1) is 36.3. The Bertz CT molecular complexity index is 1940. The van der Waals surface area contributed by atoms with Crippen LogP contribution < -0.4 is 11.1 Å². The molecule has 2 aliphatic rings.